The number of nitrogens with zero attached hydrogens (tertiary/aromatic N) is 3. The lowest BCUT2D eigenvalue weighted by atomic mass is 10.1. The Kier molecular flexibility index (Phi) is 3.40. The molecule has 78 valence electrons. The largest absolute Gasteiger partial charge is 0.387 e. The molecule has 0 radical (unpaired) electrons. The Morgan fingerprint density at radius 2 is 2.36 bits per heavy atom. The molecule has 0 aliphatic rings. The molecule has 1 unspecified atom stereocenters. The summed E-state index contributed by atoms with van der Waals surface area (Å²) in [4.78, 5) is 6.21. The lowest BCUT2D eigenvalue weighted by Crippen LogP contribution is -2.31. The Hall–Kier alpha value is -1.17. The number of nitrogens with one attached hydrogen (secondary N) is 1. The van der Waals surface area contributed by atoms with Crippen LogP contribution in [0.4, 0.5) is 5.13 Å². The van der Waals surface area contributed by atoms with Crippen molar-refractivity contribution in [3.05, 3.63) is 5.82 Å². The molecular weight excluding hydrogens is 198 g/mol. The van der Waals surface area contributed by atoms with Gasteiger partial charge < -0.3 is 10.6 Å². The number of amidine groups is 1. The highest BCUT2D eigenvalue weighted by molar-refractivity contribution is 7.09. The predicted molar refractivity (Wildman–Crippen MR) is 59.0 cm³/mol. The zero-order chi connectivity index (χ0) is 10.7. The molecule has 5 nitrogen and oxygen atoms in total. The molecule has 0 fully saturated rings. The van der Waals surface area contributed by atoms with Crippen LogP contribution in [0.5, 0.6) is 0 Å². The van der Waals surface area contributed by atoms with Crippen LogP contribution in [-0.4, -0.2) is 28.8 Å². The van der Waals surface area contributed by atoms with Crippen LogP contribution in [0, 0.1) is 18.3 Å². The number of hydrogen-bond acceptors (Lipinski definition) is 5. The standard InChI is InChI=1S/C8H15N5S/c1-5(7(9)10)4-13(3)8-11-6(2)12-14-8/h5H,4H2,1-3H3,(H3,9,10). The molecule has 0 aliphatic carbocycles. The highest BCUT2D eigenvalue weighted by atomic mass is 32.1. The van der Waals surface area contributed by atoms with E-state index in [9.17, 15) is 0 Å². The molecule has 0 amide bonds. The highest BCUT2D eigenvalue weighted by Crippen LogP contribution is 2.16. The fourth-order valence-corrected chi connectivity index (χ4v) is 1.67. The summed E-state index contributed by atoms with van der Waals surface area (Å²) in [7, 11) is 1.93. The summed E-state index contributed by atoms with van der Waals surface area (Å²) in [5.41, 5.74) is 5.39. The van der Waals surface area contributed by atoms with Gasteiger partial charge in [-0.2, -0.15) is 4.37 Å². The van der Waals surface area contributed by atoms with Gasteiger partial charge in [0, 0.05) is 31.0 Å². The molecule has 0 spiro atoms. The van der Waals surface area contributed by atoms with Crippen molar-refractivity contribution in [3.8, 4) is 0 Å². The van der Waals surface area contributed by atoms with Gasteiger partial charge in [-0.15, -0.1) is 0 Å². The molecule has 0 bridgehead atoms. The minimum atomic E-state index is 0.0456. The number of aromatic nitrogens is 2. The van der Waals surface area contributed by atoms with Crippen molar-refractivity contribution in [1.29, 1.82) is 5.41 Å². The van der Waals surface area contributed by atoms with Crippen LogP contribution in [0.3, 0.4) is 0 Å². The van der Waals surface area contributed by atoms with Gasteiger partial charge in [0.25, 0.3) is 0 Å². The quantitative estimate of drug-likeness (QED) is 0.574. The van der Waals surface area contributed by atoms with Crippen LogP contribution in [0.15, 0.2) is 0 Å². The van der Waals surface area contributed by atoms with E-state index in [0.29, 0.717) is 6.54 Å². The number of rotatable bonds is 4. The van der Waals surface area contributed by atoms with E-state index in [-0.39, 0.29) is 11.8 Å². The molecule has 0 saturated carbocycles. The SMILES string of the molecule is Cc1nsc(N(C)CC(C)C(=N)N)n1. The molecule has 1 atom stereocenters. The van der Waals surface area contributed by atoms with Gasteiger partial charge in [-0.25, -0.2) is 4.98 Å². The molecule has 1 aromatic rings. The second-order valence-corrected chi connectivity index (χ2v) is 4.09. The molecule has 1 heterocycles. The van der Waals surface area contributed by atoms with Crippen LogP contribution in [-0.2, 0) is 0 Å². The van der Waals surface area contributed by atoms with E-state index in [4.69, 9.17) is 11.1 Å². The first-order chi connectivity index (χ1) is 6.50. The number of nitrogens with two attached hydrogens (primary N) is 1. The first-order valence-corrected chi connectivity index (χ1v) is 5.13. The van der Waals surface area contributed by atoms with E-state index in [0.717, 1.165) is 11.0 Å². The van der Waals surface area contributed by atoms with Crippen molar-refractivity contribution in [2.75, 3.05) is 18.5 Å². The lowest BCUT2D eigenvalue weighted by molar-refractivity contribution is 0.727. The summed E-state index contributed by atoms with van der Waals surface area (Å²) < 4.78 is 4.09. The molecule has 14 heavy (non-hydrogen) atoms. The number of anilines is 1. The van der Waals surface area contributed by atoms with Crippen molar-refractivity contribution in [1.82, 2.24) is 9.36 Å². The molecule has 1 aromatic heterocycles. The van der Waals surface area contributed by atoms with Crippen LogP contribution in [0.1, 0.15) is 12.7 Å². The third-order valence-corrected chi connectivity index (χ3v) is 2.84. The molecule has 6 heteroatoms. The van der Waals surface area contributed by atoms with Crippen LogP contribution >= 0.6 is 11.5 Å². The first kappa shape index (κ1) is 10.9. The van der Waals surface area contributed by atoms with E-state index >= 15 is 0 Å². The van der Waals surface area contributed by atoms with Crippen molar-refractivity contribution >= 4 is 22.5 Å². The minimum absolute atomic E-state index is 0.0456. The van der Waals surface area contributed by atoms with E-state index in [1.54, 1.807) is 0 Å². The highest BCUT2D eigenvalue weighted by Gasteiger charge is 2.12. The third kappa shape index (κ3) is 2.66. The Morgan fingerprint density at radius 1 is 1.71 bits per heavy atom. The van der Waals surface area contributed by atoms with Crippen molar-refractivity contribution in [3.63, 3.8) is 0 Å². The maximum absolute atomic E-state index is 7.28. The number of aryl methyl sites for hydroxylation is 1. The smallest absolute Gasteiger partial charge is 0.204 e. The maximum atomic E-state index is 7.28. The Labute approximate surface area is 87.6 Å². The van der Waals surface area contributed by atoms with Gasteiger partial charge in [0.05, 0.1) is 5.84 Å². The normalized spacial score (nSPS) is 12.5. The van der Waals surface area contributed by atoms with Crippen LogP contribution in [0.2, 0.25) is 0 Å². The van der Waals surface area contributed by atoms with E-state index in [1.807, 2.05) is 25.8 Å². The van der Waals surface area contributed by atoms with Gasteiger partial charge >= 0.3 is 0 Å². The Balaban J connectivity index is 2.58. The average Bonchev–Trinajstić information content (AvgIpc) is 2.51. The molecule has 0 saturated heterocycles. The monoisotopic (exact) mass is 213 g/mol. The van der Waals surface area contributed by atoms with E-state index < -0.39 is 0 Å². The fourth-order valence-electron chi connectivity index (χ4n) is 1.03. The zero-order valence-electron chi connectivity index (χ0n) is 8.61. The topological polar surface area (TPSA) is 78.9 Å². The summed E-state index contributed by atoms with van der Waals surface area (Å²) in [6, 6.07) is 0. The minimum Gasteiger partial charge on any atom is -0.387 e. The Morgan fingerprint density at radius 3 is 2.79 bits per heavy atom. The first-order valence-electron chi connectivity index (χ1n) is 4.36. The van der Waals surface area contributed by atoms with Crippen LogP contribution in [0.25, 0.3) is 0 Å². The fraction of sp³-hybridized carbons (Fsp3) is 0.625. The number of hydrogen-bond donors (Lipinski definition) is 2. The predicted octanol–water partition coefficient (Wildman–Crippen LogP) is 0.855. The molecule has 1 rings (SSSR count). The van der Waals surface area contributed by atoms with Crippen molar-refractivity contribution in [2.45, 2.75) is 13.8 Å². The summed E-state index contributed by atoms with van der Waals surface area (Å²) >= 11 is 1.36. The molecular formula is C8H15N5S. The summed E-state index contributed by atoms with van der Waals surface area (Å²) in [6.07, 6.45) is 0. The lowest BCUT2D eigenvalue weighted by Gasteiger charge is -2.19. The van der Waals surface area contributed by atoms with Crippen molar-refractivity contribution in [2.24, 2.45) is 11.7 Å². The van der Waals surface area contributed by atoms with Crippen molar-refractivity contribution < 1.29 is 0 Å². The van der Waals surface area contributed by atoms with Crippen LogP contribution < -0.4 is 10.6 Å². The summed E-state index contributed by atoms with van der Waals surface area (Å²) in [5, 5.41) is 8.15. The van der Waals surface area contributed by atoms with Gasteiger partial charge in [0.1, 0.15) is 5.82 Å². The maximum Gasteiger partial charge on any atom is 0.204 e. The zero-order valence-corrected chi connectivity index (χ0v) is 9.43. The van der Waals surface area contributed by atoms with E-state index in [1.165, 1.54) is 11.5 Å². The van der Waals surface area contributed by atoms with E-state index in [2.05, 4.69) is 9.36 Å². The van der Waals surface area contributed by atoms with Gasteiger partial charge in [0.2, 0.25) is 5.13 Å². The average molecular weight is 213 g/mol. The second-order valence-electron chi connectivity index (χ2n) is 3.36. The molecule has 0 aliphatic heterocycles. The second kappa shape index (κ2) is 4.36. The van der Waals surface area contributed by atoms with Gasteiger partial charge in [-0.1, -0.05) is 6.92 Å². The Bertz CT molecular complexity index is 321. The molecule has 0 aromatic carbocycles. The summed E-state index contributed by atoms with van der Waals surface area (Å²) in [6.45, 7) is 4.49. The van der Waals surface area contributed by atoms with Gasteiger partial charge in [0.15, 0.2) is 0 Å². The van der Waals surface area contributed by atoms with Gasteiger partial charge in [-0.3, -0.25) is 5.41 Å². The summed E-state index contributed by atoms with van der Waals surface area (Å²) in [5.74, 6) is 1.04. The molecule has 3 N–H and O–H groups in total. The third-order valence-electron chi connectivity index (χ3n) is 1.92. The van der Waals surface area contributed by atoms with Gasteiger partial charge in [-0.05, 0) is 6.92 Å².